The fourth-order valence-corrected chi connectivity index (χ4v) is 2.13. The first-order valence-corrected chi connectivity index (χ1v) is 6.04. The van der Waals surface area contributed by atoms with Crippen LogP contribution in [0, 0.1) is 0 Å². The van der Waals surface area contributed by atoms with E-state index in [0.29, 0.717) is 5.15 Å². The van der Waals surface area contributed by atoms with Crippen LogP contribution >= 0.6 is 11.6 Å². The van der Waals surface area contributed by atoms with Gasteiger partial charge in [-0.1, -0.05) is 25.4 Å². The van der Waals surface area contributed by atoms with Gasteiger partial charge < -0.3 is 0 Å². The second kappa shape index (κ2) is 4.84. The van der Waals surface area contributed by atoms with Crippen molar-refractivity contribution >= 4 is 11.6 Å². The van der Waals surface area contributed by atoms with Crippen molar-refractivity contribution in [3.05, 3.63) is 29.4 Å². The first-order valence-electron chi connectivity index (χ1n) is 5.66. The Hall–Kier alpha value is -1.42. The van der Waals surface area contributed by atoms with E-state index < -0.39 is 0 Å². The largest absolute Gasteiger partial charge is 0.272 e. The molecule has 5 heteroatoms. The molecule has 0 aliphatic carbocycles. The average molecular weight is 251 g/mol. The Kier molecular flexibility index (Phi) is 3.43. The minimum Gasteiger partial charge on any atom is -0.272 e. The molecule has 0 fully saturated rings. The summed E-state index contributed by atoms with van der Waals surface area (Å²) < 4.78 is 1.87. The molecule has 4 nitrogen and oxygen atoms in total. The molecule has 2 aromatic heterocycles. The van der Waals surface area contributed by atoms with Gasteiger partial charge in [-0.25, -0.2) is 9.97 Å². The highest BCUT2D eigenvalue weighted by molar-refractivity contribution is 6.30. The van der Waals surface area contributed by atoms with E-state index in [2.05, 4.69) is 28.9 Å². The van der Waals surface area contributed by atoms with Gasteiger partial charge in [0.2, 0.25) is 0 Å². The molecule has 0 N–H and O–H groups in total. The maximum atomic E-state index is 6.14. The maximum absolute atomic E-state index is 6.14. The number of nitrogens with zero attached hydrogens (tertiary/aromatic N) is 4. The molecule has 0 amide bonds. The first kappa shape index (κ1) is 12.0. The van der Waals surface area contributed by atoms with Gasteiger partial charge in [0.25, 0.3) is 0 Å². The van der Waals surface area contributed by atoms with Crippen molar-refractivity contribution in [3.8, 4) is 11.3 Å². The second-order valence-electron chi connectivity index (χ2n) is 4.17. The van der Waals surface area contributed by atoms with Gasteiger partial charge in [-0.3, -0.25) is 4.68 Å². The molecule has 0 radical (unpaired) electrons. The number of aromatic nitrogens is 4. The van der Waals surface area contributed by atoms with E-state index in [4.69, 9.17) is 11.6 Å². The lowest BCUT2D eigenvalue weighted by Gasteiger charge is -2.11. The van der Waals surface area contributed by atoms with Crippen LogP contribution < -0.4 is 0 Å². The van der Waals surface area contributed by atoms with Gasteiger partial charge >= 0.3 is 0 Å². The van der Waals surface area contributed by atoms with Crippen LogP contribution in [0.4, 0.5) is 0 Å². The van der Waals surface area contributed by atoms with Crippen LogP contribution in [0.25, 0.3) is 11.3 Å². The Morgan fingerprint density at radius 1 is 1.35 bits per heavy atom. The summed E-state index contributed by atoms with van der Waals surface area (Å²) in [6, 6.07) is 0. The molecule has 2 aromatic rings. The summed E-state index contributed by atoms with van der Waals surface area (Å²) in [4.78, 5) is 8.37. The lowest BCUT2D eigenvalue weighted by Crippen LogP contribution is -1.98. The molecule has 0 saturated carbocycles. The molecule has 0 aliphatic rings. The number of halogens is 1. The Morgan fingerprint density at radius 3 is 2.71 bits per heavy atom. The van der Waals surface area contributed by atoms with Gasteiger partial charge in [0.1, 0.15) is 11.5 Å². The average Bonchev–Trinajstić information content (AvgIpc) is 2.76. The highest BCUT2D eigenvalue weighted by atomic mass is 35.5. The fourth-order valence-electron chi connectivity index (χ4n) is 1.77. The lowest BCUT2D eigenvalue weighted by atomic mass is 10.0. The second-order valence-corrected chi connectivity index (χ2v) is 4.52. The van der Waals surface area contributed by atoms with Gasteiger partial charge in [-0.2, -0.15) is 5.10 Å². The van der Waals surface area contributed by atoms with E-state index in [9.17, 15) is 0 Å². The molecule has 0 unspecified atom stereocenters. The van der Waals surface area contributed by atoms with Crippen LogP contribution in [0.15, 0.2) is 18.7 Å². The monoisotopic (exact) mass is 250 g/mol. The predicted octanol–water partition coefficient (Wildman–Crippen LogP) is 3.14. The van der Waals surface area contributed by atoms with E-state index in [0.717, 1.165) is 23.4 Å². The topological polar surface area (TPSA) is 43.6 Å². The number of hydrogen-bond acceptors (Lipinski definition) is 3. The summed E-state index contributed by atoms with van der Waals surface area (Å²) in [5, 5.41) is 4.78. The highest BCUT2D eigenvalue weighted by Gasteiger charge is 2.15. The number of hydrogen-bond donors (Lipinski definition) is 0. The molecule has 90 valence electrons. The summed E-state index contributed by atoms with van der Waals surface area (Å²) in [6.45, 7) is 7.06. The Morgan fingerprint density at radius 2 is 2.12 bits per heavy atom. The van der Waals surface area contributed by atoms with Crippen molar-refractivity contribution in [1.29, 1.82) is 0 Å². The molecular formula is C12H15ClN4. The summed E-state index contributed by atoms with van der Waals surface area (Å²) in [5.41, 5.74) is 2.84. The smallest absolute Gasteiger partial charge is 0.136 e. The lowest BCUT2D eigenvalue weighted by molar-refractivity contribution is 0.660. The zero-order chi connectivity index (χ0) is 12.4. The van der Waals surface area contributed by atoms with Crippen molar-refractivity contribution in [2.45, 2.75) is 33.2 Å². The zero-order valence-electron chi connectivity index (χ0n) is 10.2. The van der Waals surface area contributed by atoms with Crippen LogP contribution in [-0.4, -0.2) is 19.7 Å². The van der Waals surface area contributed by atoms with Crippen molar-refractivity contribution in [2.24, 2.45) is 0 Å². The van der Waals surface area contributed by atoms with E-state index in [1.165, 1.54) is 6.33 Å². The summed E-state index contributed by atoms with van der Waals surface area (Å²) in [7, 11) is 0. The molecule has 0 aromatic carbocycles. The molecule has 0 bridgehead atoms. The Bertz CT molecular complexity index is 519. The summed E-state index contributed by atoms with van der Waals surface area (Å²) in [6.07, 6.45) is 5.28. The van der Waals surface area contributed by atoms with E-state index >= 15 is 0 Å². The number of aryl methyl sites for hydroxylation is 1. The van der Waals surface area contributed by atoms with Crippen molar-refractivity contribution in [1.82, 2.24) is 19.7 Å². The van der Waals surface area contributed by atoms with Crippen LogP contribution in [-0.2, 0) is 6.54 Å². The van der Waals surface area contributed by atoms with Crippen molar-refractivity contribution in [3.63, 3.8) is 0 Å². The fraction of sp³-hybridized carbons (Fsp3) is 0.417. The zero-order valence-corrected chi connectivity index (χ0v) is 10.9. The third kappa shape index (κ3) is 2.31. The molecule has 17 heavy (non-hydrogen) atoms. The quantitative estimate of drug-likeness (QED) is 0.786. The standard InChI is InChI=1S/C12H15ClN4/c1-4-17-6-9(5-16-17)11-10(8(2)3)12(13)15-7-14-11/h5-8H,4H2,1-3H3. The van der Waals surface area contributed by atoms with Gasteiger partial charge in [0.05, 0.1) is 11.9 Å². The molecule has 0 aliphatic heterocycles. The maximum Gasteiger partial charge on any atom is 0.136 e. The molecule has 0 atom stereocenters. The first-order chi connectivity index (χ1) is 8.13. The molecular weight excluding hydrogens is 236 g/mol. The third-order valence-corrected chi connectivity index (χ3v) is 2.94. The highest BCUT2D eigenvalue weighted by Crippen LogP contribution is 2.31. The molecule has 0 saturated heterocycles. The van der Waals surface area contributed by atoms with Crippen LogP contribution in [0.2, 0.25) is 5.15 Å². The SMILES string of the molecule is CCn1cc(-c2ncnc(Cl)c2C(C)C)cn1. The summed E-state index contributed by atoms with van der Waals surface area (Å²) in [5.74, 6) is 0.281. The van der Waals surface area contributed by atoms with Crippen LogP contribution in [0.3, 0.4) is 0 Å². The summed E-state index contributed by atoms with van der Waals surface area (Å²) >= 11 is 6.14. The van der Waals surface area contributed by atoms with E-state index in [1.807, 2.05) is 24.0 Å². The predicted molar refractivity (Wildman–Crippen MR) is 68.0 cm³/mol. The van der Waals surface area contributed by atoms with Gasteiger partial charge in [0.15, 0.2) is 0 Å². The minimum absolute atomic E-state index is 0.281. The normalized spacial score (nSPS) is 11.1. The minimum atomic E-state index is 0.281. The molecule has 2 heterocycles. The van der Waals surface area contributed by atoms with Crippen molar-refractivity contribution in [2.75, 3.05) is 0 Å². The Balaban J connectivity index is 2.54. The van der Waals surface area contributed by atoms with Crippen LogP contribution in [0.5, 0.6) is 0 Å². The molecule has 2 rings (SSSR count). The van der Waals surface area contributed by atoms with E-state index in [1.54, 1.807) is 0 Å². The van der Waals surface area contributed by atoms with Gasteiger partial charge in [-0.15, -0.1) is 0 Å². The Labute approximate surface area is 106 Å². The number of rotatable bonds is 3. The van der Waals surface area contributed by atoms with Crippen LogP contribution in [0.1, 0.15) is 32.3 Å². The third-order valence-electron chi connectivity index (χ3n) is 2.64. The van der Waals surface area contributed by atoms with E-state index in [-0.39, 0.29) is 5.92 Å². The molecule has 0 spiro atoms. The van der Waals surface area contributed by atoms with Gasteiger partial charge in [0, 0.05) is 23.9 Å². The van der Waals surface area contributed by atoms with Gasteiger partial charge in [-0.05, 0) is 12.8 Å². The van der Waals surface area contributed by atoms with Crippen molar-refractivity contribution < 1.29 is 0 Å².